The molecule has 4 nitrogen and oxygen atoms in total. The van der Waals surface area contributed by atoms with E-state index in [0.29, 0.717) is 17.1 Å². The molecule has 2 aromatic rings. The van der Waals surface area contributed by atoms with Crippen molar-refractivity contribution in [1.29, 1.82) is 0 Å². The van der Waals surface area contributed by atoms with E-state index in [1.165, 1.54) is 0 Å². The number of rotatable bonds is 2. The van der Waals surface area contributed by atoms with Gasteiger partial charge in [-0.3, -0.25) is 0 Å². The molecule has 0 saturated heterocycles. The summed E-state index contributed by atoms with van der Waals surface area (Å²) in [6.07, 6.45) is 4.72. The lowest BCUT2D eigenvalue weighted by molar-refractivity contribution is 0.281. The molecule has 0 unspecified atom stereocenters. The Bertz CT molecular complexity index is 367. The fourth-order valence-electron chi connectivity index (χ4n) is 0.969. The first kappa shape index (κ1) is 7.94. The Hall–Kier alpha value is -1.68. The van der Waals surface area contributed by atoms with Gasteiger partial charge in [0.2, 0.25) is 0 Å². The quantitative estimate of drug-likeness (QED) is 0.747. The SMILES string of the molecule is OCc1cnc(-c2ccco2)nc1. The summed E-state index contributed by atoms with van der Waals surface area (Å²) in [5, 5.41) is 8.76. The molecule has 66 valence electrons. The average Bonchev–Trinajstić information content (AvgIpc) is 2.71. The van der Waals surface area contributed by atoms with Gasteiger partial charge in [0.15, 0.2) is 11.6 Å². The van der Waals surface area contributed by atoms with Crippen molar-refractivity contribution in [2.75, 3.05) is 0 Å². The highest BCUT2D eigenvalue weighted by molar-refractivity contribution is 5.45. The van der Waals surface area contributed by atoms with E-state index in [-0.39, 0.29) is 6.61 Å². The Morgan fingerprint density at radius 3 is 2.62 bits per heavy atom. The molecule has 1 N–H and O–H groups in total. The summed E-state index contributed by atoms with van der Waals surface area (Å²) in [5.41, 5.74) is 0.690. The second-order valence-corrected chi connectivity index (χ2v) is 2.55. The third-order valence-corrected chi connectivity index (χ3v) is 1.63. The van der Waals surface area contributed by atoms with Crippen molar-refractivity contribution in [1.82, 2.24) is 9.97 Å². The number of hydrogen-bond donors (Lipinski definition) is 1. The van der Waals surface area contributed by atoms with Crippen LogP contribution in [0.15, 0.2) is 35.2 Å². The first-order chi connectivity index (χ1) is 6.40. The molecule has 0 aliphatic carbocycles. The Labute approximate surface area is 74.9 Å². The maximum atomic E-state index is 8.76. The second-order valence-electron chi connectivity index (χ2n) is 2.55. The molecule has 0 atom stereocenters. The van der Waals surface area contributed by atoms with Gasteiger partial charge in [-0.05, 0) is 12.1 Å². The van der Waals surface area contributed by atoms with Crippen LogP contribution < -0.4 is 0 Å². The number of nitrogens with zero attached hydrogens (tertiary/aromatic N) is 2. The Morgan fingerprint density at radius 1 is 1.31 bits per heavy atom. The van der Waals surface area contributed by atoms with Crippen LogP contribution in [-0.4, -0.2) is 15.1 Å². The van der Waals surface area contributed by atoms with Gasteiger partial charge < -0.3 is 9.52 Å². The highest BCUT2D eigenvalue weighted by Gasteiger charge is 2.02. The smallest absolute Gasteiger partial charge is 0.195 e. The molecule has 2 rings (SSSR count). The molecule has 0 aromatic carbocycles. The highest BCUT2D eigenvalue weighted by Crippen LogP contribution is 2.13. The molecular weight excluding hydrogens is 168 g/mol. The van der Waals surface area contributed by atoms with Crippen LogP contribution >= 0.6 is 0 Å². The average molecular weight is 176 g/mol. The van der Waals surface area contributed by atoms with Crippen LogP contribution in [0.1, 0.15) is 5.56 Å². The van der Waals surface area contributed by atoms with Crippen LogP contribution in [-0.2, 0) is 6.61 Å². The zero-order chi connectivity index (χ0) is 9.10. The van der Waals surface area contributed by atoms with E-state index in [0.717, 1.165) is 0 Å². The Kier molecular flexibility index (Phi) is 2.06. The van der Waals surface area contributed by atoms with Crippen molar-refractivity contribution in [3.05, 3.63) is 36.4 Å². The van der Waals surface area contributed by atoms with Crippen LogP contribution in [0.4, 0.5) is 0 Å². The van der Waals surface area contributed by atoms with E-state index in [1.807, 2.05) is 0 Å². The summed E-state index contributed by atoms with van der Waals surface area (Å²) in [6.45, 7) is -0.0432. The Balaban J connectivity index is 2.33. The first-order valence-electron chi connectivity index (χ1n) is 3.86. The second kappa shape index (κ2) is 3.37. The van der Waals surface area contributed by atoms with Gasteiger partial charge in [-0.25, -0.2) is 9.97 Å². The molecule has 2 heterocycles. The number of hydrogen-bond acceptors (Lipinski definition) is 4. The number of aromatic nitrogens is 2. The number of furan rings is 1. The van der Waals surface area contributed by atoms with E-state index in [4.69, 9.17) is 9.52 Å². The molecule has 0 aliphatic rings. The van der Waals surface area contributed by atoms with Gasteiger partial charge in [-0.15, -0.1) is 0 Å². The third kappa shape index (κ3) is 1.57. The van der Waals surface area contributed by atoms with E-state index in [9.17, 15) is 0 Å². The van der Waals surface area contributed by atoms with Crippen molar-refractivity contribution in [2.24, 2.45) is 0 Å². The Morgan fingerprint density at radius 2 is 2.08 bits per heavy atom. The van der Waals surface area contributed by atoms with Gasteiger partial charge in [-0.1, -0.05) is 0 Å². The topological polar surface area (TPSA) is 59.2 Å². The standard InChI is InChI=1S/C9H8N2O2/c12-6-7-4-10-9(11-5-7)8-2-1-3-13-8/h1-5,12H,6H2. The fraction of sp³-hybridized carbons (Fsp3) is 0.111. The first-order valence-corrected chi connectivity index (χ1v) is 3.86. The fourth-order valence-corrected chi connectivity index (χ4v) is 0.969. The van der Waals surface area contributed by atoms with Gasteiger partial charge in [0.1, 0.15) is 0 Å². The van der Waals surface area contributed by atoms with Crippen molar-refractivity contribution in [3.8, 4) is 11.6 Å². The van der Waals surface area contributed by atoms with Gasteiger partial charge in [0.05, 0.1) is 12.9 Å². The molecule has 0 saturated carbocycles. The molecule has 4 heteroatoms. The summed E-state index contributed by atoms with van der Waals surface area (Å²) >= 11 is 0. The van der Waals surface area contributed by atoms with Crippen LogP contribution in [0.2, 0.25) is 0 Å². The summed E-state index contributed by atoms with van der Waals surface area (Å²) in [7, 11) is 0. The third-order valence-electron chi connectivity index (χ3n) is 1.63. The van der Waals surface area contributed by atoms with Crippen LogP contribution in [0.25, 0.3) is 11.6 Å². The minimum atomic E-state index is -0.0432. The molecule has 0 amide bonds. The van der Waals surface area contributed by atoms with Crippen molar-refractivity contribution in [2.45, 2.75) is 6.61 Å². The van der Waals surface area contributed by atoms with E-state index in [1.54, 1.807) is 30.8 Å². The summed E-state index contributed by atoms with van der Waals surface area (Å²) in [4.78, 5) is 8.05. The lowest BCUT2D eigenvalue weighted by Gasteiger charge is -1.96. The molecule has 0 radical (unpaired) electrons. The van der Waals surface area contributed by atoms with E-state index < -0.39 is 0 Å². The predicted molar refractivity (Wildman–Crippen MR) is 45.7 cm³/mol. The van der Waals surface area contributed by atoms with Crippen LogP contribution in [0.3, 0.4) is 0 Å². The number of aliphatic hydroxyl groups is 1. The maximum Gasteiger partial charge on any atom is 0.195 e. The van der Waals surface area contributed by atoms with Gasteiger partial charge in [0, 0.05) is 18.0 Å². The molecule has 0 aliphatic heterocycles. The maximum absolute atomic E-state index is 8.76. The van der Waals surface area contributed by atoms with Gasteiger partial charge >= 0.3 is 0 Å². The van der Waals surface area contributed by atoms with Crippen molar-refractivity contribution in [3.63, 3.8) is 0 Å². The minimum absolute atomic E-state index is 0.0432. The monoisotopic (exact) mass is 176 g/mol. The van der Waals surface area contributed by atoms with Crippen LogP contribution in [0.5, 0.6) is 0 Å². The van der Waals surface area contributed by atoms with E-state index in [2.05, 4.69) is 9.97 Å². The molecule has 2 aromatic heterocycles. The largest absolute Gasteiger partial charge is 0.461 e. The molecule has 0 bridgehead atoms. The zero-order valence-corrected chi connectivity index (χ0v) is 6.84. The summed E-state index contributed by atoms with van der Waals surface area (Å²) < 4.78 is 5.11. The predicted octanol–water partition coefficient (Wildman–Crippen LogP) is 1.23. The van der Waals surface area contributed by atoms with Gasteiger partial charge in [0.25, 0.3) is 0 Å². The molecule has 0 fully saturated rings. The lowest BCUT2D eigenvalue weighted by Crippen LogP contribution is -1.90. The molecule has 0 spiro atoms. The summed E-state index contributed by atoms with van der Waals surface area (Å²) in [6, 6.07) is 3.56. The lowest BCUT2D eigenvalue weighted by atomic mass is 10.3. The zero-order valence-electron chi connectivity index (χ0n) is 6.84. The van der Waals surface area contributed by atoms with Crippen molar-refractivity contribution < 1.29 is 9.52 Å². The van der Waals surface area contributed by atoms with Gasteiger partial charge in [-0.2, -0.15) is 0 Å². The van der Waals surface area contributed by atoms with E-state index >= 15 is 0 Å². The number of aliphatic hydroxyl groups excluding tert-OH is 1. The van der Waals surface area contributed by atoms with Crippen molar-refractivity contribution >= 4 is 0 Å². The summed E-state index contributed by atoms with van der Waals surface area (Å²) in [5.74, 6) is 1.16. The highest BCUT2D eigenvalue weighted by atomic mass is 16.3. The molecular formula is C9H8N2O2. The van der Waals surface area contributed by atoms with Crippen LogP contribution in [0, 0.1) is 0 Å². The molecule has 13 heavy (non-hydrogen) atoms. The normalized spacial score (nSPS) is 10.2. The minimum Gasteiger partial charge on any atom is -0.461 e.